The number of rotatable bonds is 13. The third kappa shape index (κ3) is 7.30. The highest BCUT2D eigenvalue weighted by atomic mass is 16.5. The Morgan fingerprint density at radius 2 is 0.920 bits per heavy atom. The van der Waals surface area contributed by atoms with Crippen LogP contribution < -0.4 is 18.9 Å². The van der Waals surface area contributed by atoms with Gasteiger partial charge in [0.25, 0.3) is 0 Å². The number of ether oxygens (including phenoxy) is 4. The normalized spacial score (nSPS) is 11.4. The van der Waals surface area contributed by atoms with E-state index in [0.29, 0.717) is 35.8 Å². The largest absolute Gasteiger partial charge is 0.497 e. The van der Waals surface area contributed by atoms with Crippen molar-refractivity contribution in [1.82, 2.24) is 0 Å². The Kier molecular flexibility index (Phi) is 10.4. The maximum Gasteiger partial charge on any atom is 0.185 e. The number of hydrogen-bond acceptors (Lipinski definition) is 6. The van der Waals surface area contributed by atoms with Gasteiger partial charge >= 0.3 is 0 Å². The lowest BCUT2D eigenvalue weighted by atomic mass is 9.91. The van der Waals surface area contributed by atoms with E-state index in [9.17, 15) is 9.59 Å². The first-order valence-corrected chi connectivity index (χ1v) is 16.5. The number of methoxy groups -OCH3 is 2. The smallest absolute Gasteiger partial charge is 0.185 e. The molecule has 0 aromatic heterocycles. The summed E-state index contributed by atoms with van der Waals surface area (Å²) in [5.41, 5.74) is 4.85. The second-order valence-electron chi connectivity index (χ2n) is 11.6. The molecule has 6 rings (SSSR count). The molecule has 250 valence electrons. The van der Waals surface area contributed by atoms with E-state index in [1.54, 1.807) is 74.9 Å². The number of hydrogen-bond donors (Lipinski definition) is 0. The highest BCUT2D eigenvalue weighted by molar-refractivity contribution is 6.11. The van der Waals surface area contributed by atoms with Gasteiger partial charge in [-0.25, -0.2) is 0 Å². The van der Waals surface area contributed by atoms with E-state index in [1.165, 1.54) is 0 Å². The highest BCUT2D eigenvalue weighted by Crippen LogP contribution is 2.46. The molecule has 0 fully saturated rings. The van der Waals surface area contributed by atoms with Gasteiger partial charge in [-0.15, -0.1) is 0 Å². The predicted molar refractivity (Wildman–Crippen MR) is 202 cm³/mol. The highest BCUT2D eigenvalue weighted by Gasteiger charge is 2.19. The number of ketones is 2. The quantitative estimate of drug-likeness (QED) is 0.0905. The van der Waals surface area contributed by atoms with E-state index in [0.717, 1.165) is 55.3 Å². The van der Waals surface area contributed by atoms with Gasteiger partial charge in [0.1, 0.15) is 23.0 Å². The Hall–Kier alpha value is -6.14. The summed E-state index contributed by atoms with van der Waals surface area (Å²) in [7, 11) is 3.20. The number of carbonyl (C=O) groups is 2. The third-order valence-electron chi connectivity index (χ3n) is 8.46. The average Bonchev–Trinajstić information content (AvgIpc) is 3.16. The van der Waals surface area contributed by atoms with E-state index in [1.807, 2.05) is 62.4 Å². The van der Waals surface area contributed by atoms with E-state index in [2.05, 4.69) is 24.3 Å². The summed E-state index contributed by atoms with van der Waals surface area (Å²) >= 11 is 0. The summed E-state index contributed by atoms with van der Waals surface area (Å²) in [6, 6.07) is 34.5. The van der Waals surface area contributed by atoms with Crippen LogP contribution in [-0.2, 0) is 0 Å². The Morgan fingerprint density at radius 3 is 1.28 bits per heavy atom. The summed E-state index contributed by atoms with van der Waals surface area (Å²) in [6.07, 6.45) is 6.85. The molecule has 6 aromatic rings. The molecule has 6 nitrogen and oxygen atoms in total. The van der Waals surface area contributed by atoms with E-state index >= 15 is 0 Å². The van der Waals surface area contributed by atoms with Gasteiger partial charge in [0, 0.05) is 22.3 Å². The molecule has 0 N–H and O–H groups in total. The van der Waals surface area contributed by atoms with Crippen molar-refractivity contribution in [2.75, 3.05) is 27.4 Å². The van der Waals surface area contributed by atoms with Crippen LogP contribution in [-0.4, -0.2) is 39.0 Å². The summed E-state index contributed by atoms with van der Waals surface area (Å²) < 4.78 is 22.9. The second-order valence-corrected chi connectivity index (χ2v) is 11.6. The molecular formula is C44H38O6. The first-order valence-electron chi connectivity index (χ1n) is 16.5. The average molecular weight is 663 g/mol. The van der Waals surface area contributed by atoms with Crippen LogP contribution in [0.5, 0.6) is 23.0 Å². The minimum Gasteiger partial charge on any atom is -0.497 e. The lowest BCUT2D eigenvalue weighted by Gasteiger charge is -2.19. The fourth-order valence-corrected chi connectivity index (χ4v) is 5.98. The molecule has 6 heteroatoms. The van der Waals surface area contributed by atoms with Gasteiger partial charge in [0.15, 0.2) is 11.6 Å². The van der Waals surface area contributed by atoms with Gasteiger partial charge < -0.3 is 18.9 Å². The summed E-state index contributed by atoms with van der Waals surface area (Å²) in [5, 5.41) is 3.99. The number of benzene rings is 6. The molecule has 50 heavy (non-hydrogen) atoms. The number of carbonyl (C=O) groups excluding carboxylic acids is 2. The van der Waals surface area contributed by atoms with Crippen molar-refractivity contribution in [3.63, 3.8) is 0 Å². The van der Waals surface area contributed by atoms with Gasteiger partial charge in [-0.2, -0.15) is 0 Å². The van der Waals surface area contributed by atoms with Crippen molar-refractivity contribution in [3.8, 4) is 34.1 Å². The van der Waals surface area contributed by atoms with Gasteiger partial charge in [0.2, 0.25) is 0 Å². The predicted octanol–water partition coefficient (Wildman–Crippen LogP) is 10.3. The fraction of sp³-hybridized carbons (Fsp3) is 0.136. The van der Waals surface area contributed by atoms with Crippen molar-refractivity contribution >= 4 is 45.3 Å². The summed E-state index contributed by atoms with van der Waals surface area (Å²) in [4.78, 5) is 25.7. The minimum atomic E-state index is -0.0865. The molecular weight excluding hydrogens is 624 g/mol. The van der Waals surface area contributed by atoms with Crippen LogP contribution in [0.2, 0.25) is 0 Å². The van der Waals surface area contributed by atoms with Crippen molar-refractivity contribution in [1.29, 1.82) is 0 Å². The number of fused-ring (bicyclic) bond motifs is 2. The molecule has 0 aliphatic heterocycles. The van der Waals surface area contributed by atoms with Crippen LogP contribution in [0.3, 0.4) is 0 Å². The van der Waals surface area contributed by atoms with Crippen LogP contribution in [0.25, 0.3) is 44.8 Å². The Balaban J connectivity index is 1.39. The Morgan fingerprint density at radius 1 is 0.520 bits per heavy atom. The number of allylic oxidation sites excluding steroid dienone is 2. The SMILES string of the molecule is CCOc1ccc2cc(/C=C\C(=O)c3ccc(OC)cc3)ccc2c1-c1c(OCC)ccc2cc(/C=C\C(=O)c3ccc(OC)cc3)ccc12. The molecule has 0 atom stereocenters. The van der Waals surface area contributed by atoms with Crippen molar-refractivity contribution < 1.29 is 28.5 Å². The zero-order chi connectivity index (χ0) is 35.0. The zero-order valence-electron chi connectivity index (χ0n) is 28.6. The summed E-state index contributed by atoms with van der Waals surface area (Å²) in [5.74, 6) is 2.74. The van der Waals surface area contributed by atoms with E-state index in [4.69, 9.17) is 18.9 Å². The van der Waals surface area contributed by atoms with Crippen LogP contribution >= 0.6 is 0 Å². The first-order chi connectivity index (χ1) is 24.4. The van der Waals surface area contributed by atoms with Crippen LogP contribution in [0.1, 0.15) is 45.7 Å². The van der Waals surface area contributed by atoms with Gasteiger partial charge in [-0.05, 0) is 131 Å². The maximum absolute atomic E-state index is 12.9. The van der Waals surface area contributed by atoms with E-state index in [-0.39, 0.29) is 11.6 Å². The maximum atomic E-state index is 12.9. The minimum absolute atomic E-state index is 0.0865. The molecule has 0 aliphatic rings. The standard InChI is InChI=1S/C44H38O6/c1-5-49-41-25-15-33-27-29(9-23-39(45)31-11-17-35(47-3)18-12-31)7-21-37(33)43(41)44-38-22-8-30(28-34(38)16-26-42(44)50-6-2)10-24-40(46)32-13-19-36(48-4)20-14-32/h7-28H,5-6H2,1-4H3/b23-9-,24-10-. The van der Waals surface area contributed by atoms with Crippen LogP contribution in [0.4, 0.5) is 0 Å². The van der Waals surface area contributed by atoms with E-state index < -0.39 is 0 Å². The summed E-state index contributed by atoms with van der Waals surface area (Å²) in [6.45, 7) is 4.94. The molecule has 0 aliphatic carbocycles. The monoisotopic (exact) mass is 662 g/mol. The molecule has 6 aromatic carbocycles. The first kappa shape index (κ1) is 33.7. The molecule has 0 amide bonds. The Bertz CT molecular complexity index is 2070. The molecule has 0 saturated heterocycles. The van der Waals surface area contributed by atoms with Crippen molar-refractivity contribution in [2.45, 2.75) is 13.8 Å². The molecule has 0 spiro atoms. The zero-order valence-corrected chi connectivity index (χ0v) is 28.6. The van der Waals surface area contributed by atoms with Crippen molar-refractivity contribution in [3.05, 3.63) is 144 Å². The third-order valence-corrected chi connectivity index (χ3v) is 8.46. The fourth-order valence-electron chi connectivity index (χ4n) is 5.98. The molecule has 0 heterocycles. The van der Waals surface area contributed by atoms with Gasteiger partial charge in [-0.1, -0.05) is 48.6 Å². The molecule has 0 unspecified atom stereocenters. The second kappa shape index (κ2) is 15.4. The molecule has 0 saturated carbocycles. The lowest BCUT2D eigenvalue weighted by Crippen LogP contribution is -1.99. The Labute approximate surface area is 292 Å². The molecule has 0 bridgehead atoms. The van der Waals surface area contributed by atoms with Crippen molar-refractivity contribution in [2.24, 2.45) is 0 Å². The van der Waals surface area contributed by atoms with Gasteiger partial charge in [0.05, 0.1) is 27.4 Å². The topological polar surface area (TPSA) is 71.1 Å². The lowest BCUT2D eigenvalue weighted by molar-refractivity contribution is 0.103. The van der Waals surface area contributed by atoms with Crippen LogP contribution in [0.15, 0.2) is 121 Å². The van der Waals surface area contributed by atoms with Gasteiger partial charge in [-0.3, -0.25) is 9.59 Å². The van der Waals surface area contributed by atoms with Crippen LogP contribution in [0, 0.1) is 0 Å². The molecule has 0 radical (unpaired) electrons.